The average Bonchev–Trinajstić information content (AvgIpc) is 2.54. The Labute approximate surface area is 133 Å². The number of hydrogen-bond acceptors (Lipinski definition) is 4. The van der Waals surface area contributed by atoms with Gasteiger partial charge in [0.05, 0.1) is 18.9 Å². The van der Waals surface area contributed by atoms with E-state index in [1.807, 2.05) is 6.08 Å². The molecule has 0 radical (unpaired) electrons. The monoisotopic (exact) mass is 314 g/mol. The first-order valence-electron chi connectivity index (χ1n) is 7.56. The minimum Gasteiger partial charge on any atom is -0.497 e. The fraction of sp³-hybridized carbons (Fsp3) is 0.353. The van der Waals surface area contributed by atoms with Crippen LogP contribution in [0.4, 0.5) is 5.69 Å². The molecular formula is C17H18N2O4. The molecule has 0 bridgehead atoms. The maximum absolute atomic E-state index is 12.6. The number of carbonyl (C=O) groups excluding carboxylic acids is 3. The molecule has 1 aromatic rings. The van der Waals surface area contributed by atoms with Crippen molar-refractivity contribution in [2.75, 3.05) is 12.4 Å². The Morgan fingerprint density at radius 1 is 1.26 bits per heavy atom. The van der Waals surface area contributed by atoms with Gasteiger partial charge in [-0.25, -0.2) is 0 Å². The quantitative estimate of drug-likeness (QED) is 0.888. The van der Waals surface area contributed by atoms with Crippen molar-refractivity contribution in [2.24, 2.45) is 11.8 Å². The summed E-state index contributed by atoms with van der Waals surface area (Å²) < 4.78 is 5.07. The summed E-state index contributed by atoms with van der Waals surface area (Å²) >= 11 is 0. The molecule has 3 rings (SSSR count). The molecule has 1 heterocycles. The maximum atomic E-state index is 12.6. The van der Waals surface area contributed by atoms with Crippen molar-refractivity contribution >= 4 is 23.3 Å². The summed E-state index contributed by atoms with van der Waals surface area (Å²) in [5.74, 6) is -1.04. The zero-order chi connectivity index (χ0) is 16.4. The van der Waals surface area contributed by atoms with Crippen molar-refractivity contribution in [1.82, 2.24) is 5.32 Å². The molecule has 1 aliphatic carbocycles. The lowest BCUT2D eigenvalue weighted by atomic mass is 9.76. The average molecular weight is 314 g/mol. The van der Waals surface area contributed by atoms with Crippen molar-refractivity contribution in [2.45, 2.75) is 19.3 Å². The number of Topliss-reactive ketones (excluding diaryl/α,β-unsaturated/α-hetero) is 1. The van der Waals surface area contributed by atoms with Gasteiger partial charge in [-0.1, -0.05) is 6.08 Å². The van der Waals surface area contributed by atoms with Gasteiger partial charge >= 0.3 is 0 Å². The van der Waals surface area contributed by atoms with Crippen LogP contribution in [0.5, 0.6) is 5.75 Å². The second kappa shape index (κ2) is 6.24. The molecule has 1 fully saturated rings. The number of fused-ring (bicyclic) bond motifs is 1. The van der Waals surface area contributed by atoms with Gasteiger partial charge in [0.1, 0.15) is 11.5 Å². The molecule has 2 N–H and O–H groups in total. The fourth-order valence-electron chi connectivity index (χ4n) is 3.08. The zero-order valence-electron chi connectivity index (χ0n) is 12.8. The standard InChI is InChI=1S/C17H18N2O4/c1-23-11-7-5-10(6-8-11)18-17(22)12-9-15(21)19-13-3-2-4-14(20)16(12)13/h3,5-8,12,16H,2,4,9H2,1H3,(H,18,22)(H,19,21)/t12-,16+/m1/s1. The normalized spacial score (nSPS) is 23.4. The van der Waals surface area contributed by atoms with E-state index in [9.17, 15) is 14.4 Å². The fourth-order valence-corrected chi connectivity index (χ4v) is 3.08. The van der Waals surface area contributed by atoms with Crippen LogP contribution in [0.3, 0.4) is 0 Å². The summed E-state index contributed by atoms with van der Waals surface area (Å²) in [7, 11) is 1.57. The van der Waals surface area contributed by atoms with Gasteiger partial charge in [0.15, 0.2) is 0 Å². The smallest absolute Gasteiger partial charge is 0.229 e. The summed E-state index contributed by atoms with van der Waals surface area (Å²) in [4.78, 5) is 36.6. The molecular weight excluding hydrogens is 296 g/mol. The lowest BCUT2D eigenvalue weighted by Crippen LogP contribution is -2.47. The number of rotatable bonds is 3. The number of allylic oxidation sites excluding steroid dienone is 2. The summed E-state index contributed by atoms with van der Waals surface area (Å²) in [6, 6.07) is 6.92. The Morgan fingerprint density at radius 2 is 2.00 bits per heavy atom. The zero-order valence-corrected chi connectivity index (χ0v) is 12.8. The van der Waals surface area contributed by atoms with Gasteiger partial charge in [0, 0.05) is 24.2 Å². The highest BCUT2D eigenvalue weighted by molar-refractivity contribution is 6.02. The van der Waals surface area contributed by atoms with Crippen molar-refractivity contribution < 1.29 is 19.1 Å². The van der Waals surface area contributed by atoms with E-state index in [-0.39, 0.29) is 24.0 Å². The number of hydrogen-bond donors (Lipinski definition) is 2. The topological polar surface area (TPSA) is 84.5 Å². The van der Waals surface area contributed by atoms with Gasteiger partial charge in [0.2, 0.25) is 11.8 Å². The van der Waals surface area contributed by atoms with Gasteiger partial charge in [-0.05, 0) is 30.7 Å². The van der Waals surface area contributed by atoms with Gasteiger partial charge in [-0.2, -0.15) is 0 Å². The second-order valence-corrected chi connectivity index (χ2v) is 5.72. The number of piperidine rings is 1. The van der Waals surface area contributed by atoms with E-state index < -0.39 is 11.8 Å². The van der Waals surface area contributed by atoms with Crippen LogP contribution in [-0.4, -0.2) is 24.7 Å². The Bertz CT molecular complexity index is 678. The van der Waals surface area contributed by atoms with Crippen LogP contribution in [0.1, 0.15) is 19.3 Å². The highest BCUT2D eigenvalue weighted by atomic mass is 16.5. The highest BCUT2D eigenvalue weighted by Crippen LogP contribution is 2.33. The molecule has 0 unspecified atom stereocenters. The number of benzene rings is 1. The second-order valence-electron chi connectivity index (χ2n) is 5.72. The van der Waals surface area contributed by atoms with Gasteiger partial charge in [-0.15, -0.1) is 0 Å². The van der Waals surface area contributed by atoms with E-state index in [2.05, 4.69) is 10.6 Å². The van der Waals surface area contributed by atoms with Crippen molar-refractivity contribution in [1.29, 1.82) is 0 Å². The predicted octanol–water partition coefficient (Wildman–Crippen LogP) is 1.63. The number of methoxy groups -OCH3 is 1. The summed E-state index contributed by atoms with van der Waals surface area (Å²) in [5, 5.41) is 5.50. The van der Waals surface area contributed by atoms with Crippen LogP contribution in [0, 0.1) is 11.8 Å². The predicted molar refractivity (Wildman–Crippen MR) is 83.7 cm³/mol. The summed E-state index contributed by atoms with van der Waals surface area (Å²) in [6.07, 6.45) is 2.89. The Kier molecular flexibility index (Phi) is 4.14. The number of anilines is 1. The van der Waals surface area contributed by atoms with Gasteiger partial charge < -0.3 is 15.4 Å². The van der Waals surface area contributed by atoms with E-state index in [1.165, 1.54) is 0 Å². The molecule has 120 valence electrons. The minimum atomic E-state index is -0.662. The molecule has 1 aromatic carbocycles. The number of carbonyl (C=O) groups is 3. The molecule has 2 atom stereocenters. The number of ether oxygens (including phenoxy) is 1. The lowest BCUT2D eigenvalue weighted by Gasteiger charge is -2.34. The molecule has 0 aromatic heterocycles. The first kappa shape index (κ1) is 15.3. The molecule has 1 saturated heterocycles. The molecule has 2 amide bonds. The van der Waals surface area contributed by atoms with E-state index >= 15 is 0 Å². The van der Waals surface area contributed by atoms with Crippen LogP contribution in [0.15, 0.2) is 36.0 Å². The lowest BCUT2D eigenvalue weighted by molar-refractivity contribution is -0.135. The molecule has 6 nitrogen and oxygen atoms in total. The highest BCUT2D eigenvalue weighted by Gasteiger charge is 2.42. The molecule has 23 heavy (non-hydrogen) atoms. The maximum Gasteiger partial charge on any atom is 0.229 e. The molecule has 0 saturated carbocycles. The van der Waals surface area contributed by atoms with Crippen LogP contribution >= 0.6 is 0 Å². The van der Waals surface area contributed by atoms with E-state index in [0.717, 1.165) is 0 Å². The summed E-state index contributed by atoms with van der Waals surface area (Å²) in [6.45, 7) is 0. The van der Waals surface area contributed by atoms with Crippen LogP contribution < -0.4 is 15.4 Å². The molecule has 2 aliphatic rings. The first-order valence-corrected chi connectivity index (χ1v) is 7.56. The Hall–Kier alpha value is -2.63. The molecule has 6 heteroatoms. The van der Waals surface area contributed by atoms with E-state index in [0.29, 0.717) is 30.0 Å². The van der Waals surface area contributed by atoms with Crippen molar-refractivity contribution in [3.8, 4) is 5.75 Å². The molecule has 0 spiro atoms. The van der Waals surface area contributed by atoms with E-state index in [4.69, 9.17) is 4.74 Å². The van der Waals surface area contributed by atoms with Crippen molar-refractivity contribution in [3.63, 3.8) is 0 Å². The van der Waals surface area contributed by atoms with Gasteiger partial charge in [-0.3, -0.25) is 14.4 Å². The SMILES string of the molecule is COc1ccc(NC(=O)[C@@H]2CC(=O)NC3=CCCC(=O)[C@H]32)cc1. The van der Waals surface area contributed by atoms with E-state index in [1.54, 1.807) is 31.4 Å². The van der Waals surface area contributed by atoms with Gasteiger partial charge in [0.25, 0.3) is 0 Å². The first-order chi connectivity index (χ1) is 11.1. The Morgan fingerprint density at radius 3 is 2.70 bits per heavy atom. The number of nitrogens with one attached hydrogen (secondary N) is 2. The molecule has 1 aliphatic heterocycles. The van der Waals surface area contributed by atoms with Crippen LogP contribution in [0.25, 0.3) is 0 Å². The number of amides is 2. The third-order valence-corrected chi connectivity index (χ3v) is 4.22. The third kappa shape index (κ3) is 3.11. The minimum absolute atomic E-state index is 0.0115. The van der Waals surface area contributed by atoms with Crippen LogP contribution in [-0.2, 0) is 14.4 Å². The Balaban J connectivity index is 1.79. The van der Waals surface area contributed by atoms with Crippen molar-refractivity contribution in [3.05, 3.63) is 36.0 Å². The largest absolute Gasteiger partial charge is 0.497 e. The summed E-state index contributed by atoms with van der Waals surface area (Å²) in [5.41, 5.74) is 1.18. The van der Waals surface area contributed by atoms with Crippen LogP contribution in [0.2, 0.25) is 0 Å². The number of ketones is 1. The third-order valence-electron chi connectivity index (χ3n) is 4.22.